The van der Waals surface area contributed by atoms with Gasteiger partial charge in [-0.1, -0.05) is 6.07 Å². The lowest BCUT2D eigenvalue weighted by molar-refractivity contribution is 0.0504. The number of hydrogen-bond acceptors (Lipinski definition) is 5. The largest absolute Gasteiger partial charge is 0.376 e. The number of fused-ring (bicyclic) bond motifs is 1. The molecule has 1 saturated heterocycles. The summed E-state index contributed by atoms with van der Waals surface area (Å²) in [5, 5.41) is 0. The van der Waals surface area contributed by atoms with E-state index in [0.717, 1.165) is 35.4 Å². The standard InChI is InChI=1S/C19H19N3O2S/c23-19(14-6-7-18-17(10-14)21-13-25-18)22(12-16-5-3-9-24-16)11-15-4-1-2-8-20-15/h1-2,4,6-8,10,13,16H,3,5,9,11-12H2. The Balaban J connectivity index is 1.59. The van der Waals surface area contributed by atoms with E-state index in [-0.39, 0.29) is 12.0 Å². The maximum absolute atomic E-state index is 13.1. The first kappa shape index (κ1) is 16.2. The summed E-state index contributed by atoms with van der Waals surface area (Å²) in [5.41, 5.74) is 4.21. The molecule has 3 heterocycles. The number of benzene rings is 1. The van der Waals surface area contributed by atoms with Crippen LogP contribution in [0.1, 0.15) is 28.9 Å². The Bertz CT molecular complexity index is 859. The lowest BCUT2D eigenvalue weighted by atomic mass is 10.1. The Labute approximate surface area is 150 Å². The highest BCUT2D eigenvalue weighted by atomic mass is 32.1. The van der Waals surface area contributed by atoms with Gasteiger partial charge < -0.3 is 9.64 Å². The lowest BCUT2D eigenvalue weighted by Crippen LogP contribution is -2.37. The Morgan fingerprint density at radius 3 is 3.04 bits per heavy atom. The van der Waals surface area contributed by atoms with Crippen LogP contribution in [0, 0.1) is 0 Å². The first-order valence-electron chi connectivity index (χ1n) is 8.43. The summed E-state index contributed by atoms with van der Waals surface area (Å²) in [6, 6.07) is 11.5. The number of hydrogen-bond donors (Lipinski definition) is 0. The van der Waals surface area contributed by atoms with Crippen LogP contribution in [0.2, 0.25) is 0 Å². The fourth-order valence-corrected chi connectivity index (χ4v) is 3.77. The third-order valence-corrected chi connectivity index (χ3v) is 5.20. The minimum absolute atomic E-state index is 0.00365. The van der Waals surface area contributed by atoms with Crippen molar-refractivity contribution in [1.82, 2.24) is 14.9 Å². The van der Waals surface area contributed by atoms with Crippen molar-refractivity contribution in [1.29, 1.82) is 0 Å². The van der Waals surface area contributed by atoms with Gasteiger partial charge in [0.05, 0.1) is 34.1 Å². The van der Waals surface area contributed by atoms with Gasteiger partial charge >= 0.3 is 0 Å². The molecule has 1 fully saturated rings. The van der Waals surface area contributed by atoms with Gasteiger partial charge in [0.25, 0.3) is 5.91 Å². The van der Waals surface area contributed by atoms with Crippen molar-refractivity contribution in [2.24, 2.45) is 0 Å². The number of pyridine rings is 1. The number of carbonyl (C=O) groups excluding carboxylic acids is 1. The molecular formula is C19H19N3O2S. The first-order valence-corrected chi connectivity index (χ1v) is 9.31. The van der Waals surface area contributed by atoms with E-state index in [1.165, 1.54) is 0 Å². The molecule has 5 nitrogen and oxygen atoms in total. The quantitative estimate of drug-likeness (QED) is 0.704. The number of carbonyl (C=O) groups is 1. The molecule has 1 unspecified atom stereocenters. The van der Waals surface area contributed by atoms with Crippen LogP contribution in [-0.2, 0) is 11.3 Å². The number of aromatic nitrogens is 2. The predicted molar refractivity (Wildman–Crippen MR) is 97.6 cm³/mol. The van der Waals surface area contributed by atoms with Crippen molar-refractivity contribution in [3.63, 3.8) is 0 Å². The smallest absolute Gasteiger partial charge is 0.254 e. The Hall–Kier alpha value is -2.31. The van der Waals surface area contributed by atoms with Crippen molar-refractivity contribution in [3.05, 3.63) is 59.4 Å². The lowest BCUT2D eigenvalue weighted by Gasteiger charge is -2.25. The molecule has 1 aliphatic heterocycles. The molecule has 0 N–H and O–H groups in total. The number of ether oxygens (including phenoxy) is 1. The maximum Gasteiger partial charge on any atom is 0.254 e. The molecule has 1 aliphatic rings. The van der Waals surface area contributed by atoms with Gasteiger partial charge in [0.2, 0.25) is 0 Å². The van der Waals surface area contributed by atoms with Gasteiger partial charge in [0.1, 0.15) is 0 Å². The topological polar surface area (TPSA) is 55.3 Å². The van der Waals surface area contributed by atoms with Crippen LogP contribution in [-0.4, -0.2) is 40.0 Å². The molecule has 0 radical (unpaired) electrons. The summed E-state index contributed by atoms with van der Waals surface area (Å²) in [5.74, 6) is -0.00365. The van der Waals surface area contributed by atoms with Crippen molar-refractivity contribution < 1.29 is 9.53 Å². The summed E-state index contributed by atoms with van der Waals surface area (Å²) in [6.07, 6.45) is 3.92. The summed E-state index contributed by atoms with van der Waals surface area (Å²) in [6.45, 7) is 1.85. The summed E-state index contributed by atoms with van der Waals surface area (Å²) in [4.78, 5) is 23.6. The number of thiazole rings is 1. The van der Waals surface area contributed by atoms with Crippen molar-refractivity contribution in [3.8, 4) is 0 Å². The highest BCUT2D eigenvalue weighted by Crippen LogP contribution is 2.21. The van der Waals surface area contributed by atoms with Gasteiger partial charge in [0, 0.05) is 24.9 Å². The number of rotatable bonds is 5. The van der Waals surface area contributed by atoms with Gasteiger partial charge in [-0.2, -0.15) is 0 Å². The highest BCUT2D eigenvalue weighted by Gasteiger charge is 2.24. The van der Waals surface area contributed by atoms with Gasteiger partial charge in [0.15, 0.2) is 0 Å². The van der Waals surface area contributed by atoms with E-state index in [4.69, 9.17) is 4.74 Å². The average molecular weight is 353 g/mol. The molecule has 128 valence electrons. The normalized spacial score (nSPS) is 17.0. The van der Waals surface area contributed by atoms with Gasteiger partial charge in [-0.15, -0.1) is 11.3 Å². The average Bonchev–Trinajstić information content (AvgIpc) is 3.32. The van der Waals surface area contributed by atoms with E-state index in [9.17, 15) is 4.79 Å². The van der Waals surface area contributed by atoms with Crippen LogP contribution in [0.25, 0.3) is 10.2 Å². The van der Waals surface area contributed by atoms with Crippen molar-refractivity contribution in [2.45, 2.75) is 25.5 Å². The van der Waals surface area contributed by atoms with Crippen LogP contribution in [0.5, 0.6) is 0 Å². The van der Waals surface area contributed by atoms with E-state index in [2.05, 4.69) is 9.97 Å². The zero-order valence-corrected chi connectivity index (χ0v) is 14.6. The van der Waals surface area contributed by atoms with Gasteiger partial charge in [-0.3, -0.25) is 9.78 Å². The summed E-state index contributed by atoms with van der Waals surface area (Å²) >= 11 is 1.58. The molecule has 1 amide bonds. The molecule has 1 aromatic carbocycles. The van der Waals surface area contributed by atoms with E-state index in [1.807, 2.05) is 41.3 Å². The van der Waals surface area contributed by atoms with Gasteiger partial charge in [-0.25, -0.2) is 4.98 Å². The highest BCUT2D eigenvalue weighted by molar-refractivity contribution is 7.16. The third-order valence-electron chi connectivity index (χ3n) is 4.39. The monoisotopic (exact) mass is 353 g/mol. The molecule has 4 rings (SSSR count). The van der Waals surface area contributed by atoms with Crippen LogP contribution in [0.4, 0.5) is 0 Å². The van der Waals surface area contributed by atoms with Crippen molar-refractivity contribution in [2.75, 3.05) is 13.2 Å². The molecule has 6 heteroatoms. The second-order valence-corrected chi connectivity index (χ2v) is 7.06. The molecule has 0 spiro atoms. The van der Waals surface area contributed by atoms with E-state index < -0.39 is 0 Å². The molecule has 0 aliphatic carbocycles. The second-order valence-electron chi connectivity index (χ2n) is 6.18. The molecule has 0 saturated carbocycles. The zero-order chi connectivity index (χ0) is 17.1. The van der Waals surface area contributed by atoms with Crippen LogP contribution in [0.3, 0.4) is 0 Å². The summed E-state index contributed by atoms with van der Waals surface area (Å²) < 4.78 is 6.83. The SMILES string of the molecule is O=C(c1ccc2scnc2c1)N(Cc1ccccn1)CC1CCCO1. The molecule has 1 atom stereocenters. The van der Waals surface area contributed by atoms with Crippen molar-refractivity contribution >= 4 is 27.5 Å². The minimum atomic E-state index is -0.00365. The predicted octanol–water partition coefficient (Wildman–Crippen LogP) is 3.51. The maximum atomic E-state index is 13.1. The van der Waals surface area contributed by atoms with Crippen LogP contribution >= 0.6 is 11.3 Å². The van der Waals surface area contributed by atoms with Crippen LogP contribution < -0.4 is 0 Å². The molecule has 2 aromatic heterocycles. The van der Waals surface area contributed by atoms with E-state index >= 15 is 0 Å². The number of amides is 1. The second kappa shape index (κ2) is 7.29. The molecule has 3 aromatic rings. The Morgan fingerprint density at radius 2 is 2.24 bits per heavy atom. The fraction of sp³-hybridized carbons (Fsp3) is 0.316. The van der Waals surface area contributed by atoms with Crippen LogP contribution in [0.15, 0.2) is 48.1 Å². The van der Waals surface area contributed by atoms with E-state index in [1.54, 1.807) is 23.0 Å². The van der Waals surface area contributed by atoms with E-state index in [0.29, 0.717) is 18.7 Å². The number of nitrogens with zero attached hydrogens (tertiary/aromatic N) is 3. The Kier molecular flexibility index (Phi) is 4.72. The zero-order valence-electron chi connectivity index (χ0n) is 13.8. The minimum Gasteiger partial charge on any atom is -0.376 e. The fourth-order valence-electron chi connectivity index (χ4n) is 3.11. The first-order chi connectivity index (χ1) is 12.3. The molecular weight excluding hydrogens is 334 g/mol. The third kappa shape index (κ3) is 3.70. The molecule has 0 bridgehead atoms. The van der Waals surface area contributed by atoms with Gasteiger partial charge in [-0.05, 0) is 43.2 Å². The summed E-state index contributed by atoms with van der Waals surface area (Å²) in [7, 11) is 0. The Morgan fingerprint density at radius 1 is 1.28 bits per heavy atom. The molecule has 25 heavy (non-hydrogen) atoms.